The molecule has 3 rings (SSSR count). The molecule has 0 aliphatic heterocycles. The van der Waals surface area contributed by atoms with Crippen molar-refractivity contribution in [1.29, 1.82) is 0 Å². The Kier molecular flexibility index (Phi) is 9.28. The largest absolute Gasteiger partial charge is 1.00 e. The first kappa shape index (κ1) is 23.3. The summed E-state index contributed by atoms with van der Waals surface area (Å²) in [6.07, 6.45) is 2.13. The quantitative estimate of drug-likeness (QED) is 0.279. The van der Waals surface area contributed by atoms with E-state index in [1.807, 2.05) is 27.1 Å². The van der Waals surface area contributed by atoms with Crippen LogP contribution < -0.4 is 9.44 Å². The molecule has 150 valence electrons. The van der Waals surface area contributed by atoms with Gasteiger partial charge in [-0.2, -0.15) is 0 Å². The summed E-state index contributed by atoms with van der Waals surface area (Å²) in [5.74, 6) is 0.936. The van der Waals surface area contributed by atoms with E-state index < -0.39 is 7.54 Å². The second kappa shape index (κ2) is 11.2. The summed E-state index contributed by atoms with van der Waals surface area (Å²) in [5, 5.41) is 1.22. The van der Waals surface area contributed by atoms with Gasteiger partial charge >= 0.3 is 7.54 Å². The minimum absolute atomic E-state index is 0. The molecule has 1 heterocycles. The predicted octanol–water partition coefficient (Wildman–Crippen LogP) is 1.66. The summed E-state index contributed by atoms with van der Waals surface area (Å²) in [7, 11) is 0.415. The lowest BCUT2D eigenvalue weighted by Crippen LogP contribution is -3.00. The second-order valence-corrected chi connectivity index (χ2v) is 6.08. The molecular formula is C20H23BF4N2O. The highest BCUT2D eigenvalue weighted by Gasteiger charge is 2.19. The number of ether oxygens (including phenoxy) is 1. The average Bonchev–Trinajstić information content (AvgIpc) is 2.89. The Bertz CT molecular complexity index is 891. The number of fused-ring (bicyclic) bond motifs is 1. The molecule has 2 aromatic carbocycles. The Hall–Kier alpha value is -2.77. The summed E-state index contributed by atoms with van der Waals surface area (Å²) < 4.78 is 39.4. The van der Waals surface area contributed by atoms with Crippen LogP contribution in [0.3, 0.4) is 0 Å². The van der Waals surface area contributed by atoms with Gasteiger partial charge in [0.05, 0.1) is 18.7 Å². The fourth-order valence-electron chi connectivity index (χ4n) is 2.91. The van der Waals surface area contributed by atoms with Gasteiger partial charge in [0, 0.05) is 5.39 Å². The molecule has 0 aliphatic rings. The van der Waals surface area contributed by atoms with Crippen LogP contribution in [0.1, 0.15) is 18.1 Å². The van der Waals surface area contributed by atoms with Gasteiger partial charge in [-0.25, -0.2) is 4.58 Å². The summed E-state index contributed by atoms with van der Waals surface area (Å²) in [5.41, 5.74) is 3.61. The number of rotatable bonds is 5. The number of hydrogen-bond acceptors (Lipinski definition) is 1. The highest BCUT2D eigenvalue weighted by molar-refractivity contribution is 6.33. The van der Waals surface area contributed by atoms with Crippen LogP contribution in [-0.2, 0) is 6.54 Å². The zero-order valence-electron chi connectivity index (χ0n) is 16.1. The van der Waals surface area contributed by atoms with E-state index in [0.717, 1.165) is 18.0 Å². The molecule has 0 unspecified atom stereocenters. The monoisotopic (exact) mass is 394 g/mol. The van der Waals surface area contributed by atoms with Gasteiger partial charge in [0.15, 0.2) is 6.21 Å². The lowest BCUT2D eigenvalue weighted by Gasteiger charge is -2.11. The smallest absolute Gasteiger partial charge is 0.762 e. The number of para-hydroxylation sites is 1. The predicted molar refractivity (Wildman–Crippen MR) is 105 cm³/mol. The van der Waals surface area contributed by atoms with Gasteiger partial charge in [-0.05, 0) is 18.6 Å². The van der Waals surface area contributed by atoms with E-state index in [9.17, 15) is 12.9 Å². The van der Waals surface area contributed by atoms with Crippen molar-refractivity contribution in [3.8, 4) is 5.88 Å². The lowest BCUT2D eigenvalue weighted by molar-refractivity contribution is -0.458. The van der Waals surface area contributed by atoms with E-state index in [0.29, 0.717) is 6.61 Å². The van der Waals surface area contributed by atoms with Crippen molar-refractivity contribution in [3.05, 3.63) is 65.7 Å². The first-order chi connectivity index (χ1) is 12.9. The minimum atomic E-state index is -3.67. The molecule has 28 heavy (non-hydrogen) atoms. The van der Waals surface area contributed by atoms with Crippen LogP contribution in [0, 0.1) is 0 Å². The van der Waals surface area contributed by atoms with E-state index in [4.69, 9.17) is 4.74 Å². The maximum atomic E-state index is 9.67. The topological polar surface area (TPSA) is 17.2 Å². The minimum Gasteiger partial charge on any atom is -1.00 e. The van der Waals surface area contributed by atoms with Gasteiger partial charge in [0.1, 0.15) is 19.7 Å². The van der Waals surface area contributed by atoms with Crippen LogP contribution in [-0.4, -0.2) is 43.6 Å². The van der Waals surface area contributed by atoms with Crippen molar-refractivity contribution < 1.29 is 27.0 Å². The molecule has 0 bridgehead atoms. The molecule has 0 radical (unpaired) electrons. The molecular weight excluding hydrogens is 371 g/mol. The van der Waals surface area contributed by atoms with E-state index in [-0.39, 0.29) is 4.70 Å². The number of nitrogens with zero attached hydrogens (tertiary/aromatic N) is 2. The first-order valence-electron chi connectivity index (χ1n) is 8.65. The van der Waals surface area contributed by atoms with Crippen LogP contribution >= 0.6 is 0 Å². The molecule has 0 fully saturated rings. The third kappa shape index (κ3) is 6.15. The molecule has 8 heteroatoms. The van der Waals surface area contributed by atoms with Gasteiger partial charge in [-0.3, -0.25) is 12.9 Å². The van der Waals surface area contributed by atoms with E-state index in [2.05, 4.69) is 63.9 Å². The summed E-state index contributed by atoms with van der Waals surface area (Å²) in [4.78, 5) is 0. The number of aromatic nitrogens is 1. The molecule has 0 atom stereocenters. The maximum absolute atomic E-state index is 9.67. The maximum Gasteiger partial charge on any atom is 0.762 e. The normalized spacial score (nSPS) is 9.79. The molecule has 3 nitrogen and oxygen atoms in total. The fraction of sp³-hybridized carbons (Fsp3) is 0.250. The van der Waals surface area contributed by atoms with Crippen molar-refractivity contribution >= 4 is 24.7 Å². The average molecular weight is 394 g/mol. The molecule has 0 amide bonds. The molecule has 0 saturated heterocycles. The molecule has 0 N–H and O–H groups in total. The summed E-state index contributed by atoms with van der Waals surface area (Å²) >= 11 is 0. The standard InChI is InChI=1S/C20H23N2O.BF3.FH/c1-4-23-20-18(15-21(2)3)17-12-8-9-13-19(17)22(20)14-16-10-6-5-7-11-16;2-1(3)4;/h5-13,15H,4,14H2,1-3H3;;1H/q+1;;/p-1. The third-order valence-corrected chi connectivity index (χ3v) is 3.81. The van der Waals surface area contributed by atoms with Crippen LogP contribution in [0.15, 0.2) is 54.6 Å². The van der Waals surface area contributed by atoms with Gasteiger partial charge in [-0.15, -0.1) is 0 Å². The van der Waals surface area contributed by atoms with Gasteiger partial charge in [0.25, 0.3) is 0 Å². The van der Waals surface area contributed by atoms with E-state index in [1.54, 1.807) is 0 Å². The van der Waals surface area contributed by atoms with Crippen molar-refractivity contribution in [2.24, 2.45) is 0 Å². The zero-order chi connectivity index (χ0) is 19.8. The van der Waals surface area contributed by atoms with E-state index >= 15 is 0 Å². The van der Waals surface area contributed by atoms with Crippen molar-refractivity contribution in [3.63, 3.8) is 0 Å². The lowest BCUT2D eigenvalue weighted by atomic mass is 10.2. The first-order valence-corrected chi connectivity index (χ1v) is 8.65. The van der Waals surface area contributed by atoms with Crippen LogP contribution in [0.4, 0.5) is 12.9 Å². The molecule has 3 aromatic rings. The second-order valence-electron chi connectivity index (χ2n) is 6.08. The van der Waals surface area contributed by atoms with Gasteiger partial charge in [0.2, 0.25) is 5.88 Å². The Morgan fingerprint density at radius 3 is 2.14 bits per heavy atom. The Labute approximate surface area is 162 Å². The van der Waals surface area contributed by atoms with Gasteiger partial charge < -0.3 is 14.0 Å². The van der Waals surface area contributed by atoms with E-state index in [1.165, 1.54) is 16.5 Å². The molecule has 0 saturated carbocycles. The van der Waals surface area contributed by atoms with Crippen LogP contribution in [0.2, 0.25) is 0 Å². The molecule has 1 aromatic heterocycles. The number of benzene rings is 2. The van der Waals surface area contributed by atoms with Crippen molar-refractivity contribution in [2.75, 3.05) is 20.7 Å². The summed E-state index contributed by atoms with van der Waals surface area (Å²) in [6, 6.07) is 19.0. The number of halogens is 4. The van der Waals surface area contributed by atoms with Crippen molar-refractivity contribution in [1.82, 2.24) is 4.57 Å². The Morgan fingerprint density at radius 2 is 1.57 bits per heavy atom. The highest BCUT2D eigenvalue weighted by atomic mass is 19.4. The Morgan fingerprint density at radius 1 is 1.00 bits per heavy atom. The van der Waals surface area contributed by atoms with Crippen molar-refractivity contribution in [2.45, 2.75) is 13.5 Å². The number of hydrogen-bond donors (Lipinski definition) is 0. The summed E-state index contributed by atoms with van der Waals surface area (Å²) in [6.45, 7) is 3.49. The van der Waals surface area contributed by atoms with Gasteiger partial charge in [-0.1, -0.05) is 48.5 Å². The fourth-order valence-corrected chi connectivity index (χ4v) is 2.91. The highest BCUT2D eigenvalue weighted by Crippen LogP contribution is 2.31. The SMILES string of the molecule is CCOc1c(C=[N+](C)C)c2ccccc2n1Cc1ccccc1.FB(F)F.[F-]. The zero-order valence-corrected chi connectivity index (χ0v) is 16.1. The van der Waals surface area contributed by atoms with Crippen LogP contribution in [0.5, 0.6) is 5.88 Å². The Balaban J connectivity index is 0.000000717. The van der Waals surface area contributed by atoms with Crippen LogP contribution in [0.25, 0.3) is 10.9 Å². The molecule has 0 aliphatic carbocycles. The third-order valence-electron chi connectivity index (χ3n) is 3.81. The molecule has 0 spiro atoms.